The molecule has 1 aliphatic heterocycles. The number of amides is 1. The van der Waals surface area contributed by atoms with Gasteiger partial charge in [-0.25, -0.2) is 4.39 Å². The predicted octanol–water partition coefficient (Wildman–Crippen LogP) is 2.54. The highest BCUT2D eigenvalue weighted by atomic mass is 35.5. The van der Waals surface area contributed by atoms with E-state index in [-0.39, 0.29) is 36.3 Å². The quantitative estimate of drug-likeness (QED) is 0.871. The SMILES string of the molecule is CC(c1ccc(F)cc1)N(C)C(=O)CNCC1CCCO1.Cl. The molecule has 1 aromatic carbocycles. The summed E-state index contributed by atoms with van der Waals surface area (Å²) in [5.74, 6) is -0.247. The summed E-state index contributed by atoms with van der Waals surface area (Å²) >= 11 is 0. The molecule has 1 amide bonds. The fraction of sp³-hybridized carbons (Fsp3) is 0.562. The van der Waals surface area contributed by atoms with Crippen LogP contribution in [-0.4, -0.2) is 43.7 Å². The molecule has 22 heavy (non-hydrogen) atoms. The summed E-state index contributed by atoms with van der Waals surface area (Å²) in [6.45, 7) is 3.76. The minimum atomic E-state index is -0.266. The fourth-order valence-electron chi connectivity index (χ4n) is 2.45. The molecule has 1 N–H and O–H groups in total. The van der Waals surface area contributed by atoms with Crippen molar-refractivity contribution in [2.45, 2.75) is 31.9 Å². The maximum Gasteiger partial charge on any atom is 0.236 e. The van der Waals surface area contributed by atoms with E-state index in [1.54, 1.807) is 24.1 Å². The normalized spacial score (nSPS) is 18.6. The van der Waals surface area contributed by atoms with Crippen LogP contribution in [-0.2, 0) is 9.53 Å². The highest BCUT2D eigenvalue weighted by Gasteiger charge is 2.19. The molecular formula is C16H24ClFN2O2. The Hall–Kier alpha value is -1.17. The van der Waals surface area contributed by atoms with Gasteiger partial charge in [0.15, 0.2) is 0 Å². The molecule has 0 bridgehead atoms. The molecule has 1 saturated heterocycles. The van der Waals surface area contributed by atoms with Crippen molar-refractivity contribution in [1.29, 1.82) is 0 Å². The maximum absolute atomic E-state index is 12.9. The van der Waals surface area contributed by atoms with E-state index in [0.717, 1.165) is 25.0 Å². The molecular weight excluding hydrogens is 307 g/mol. The summed E-state index contributed by atoms with van der Waals surface area (Å²) in [6, 6.07) is 6.18. The van der Waals surface area contributed by atoms with Crippen LogP contribution in [0.3, 0.4) is 0 Å². The zero-order chi connectivity index (χ0) is 15.2. The average Bonchev–Trinajstić information content (AvgIpc) is 2.99. The number of nitrogens with zero attached hydrogens (tertiary/aromatic N) is 1. The Morgan fingerprint density at radius 3 is 2.73 bits per heavy atom. The van der Waals surface area contributed by atoms with Crippen molar-refractivity contribution in [3.63, 3.8) is 0 Å². The third kappa shape index (κ3) is 5.23. The van der Waals surface area contributed by atoms with E-state index in [2.05, 4.69) is 5.32 Å². The lowest BCUT2D eigenvalue weighted by molar-refractivity contribution is -0.130. The van der Waals surface area contributed by atoms with E-state index in [0.29, 0.717) is 13.1 Å². The summed E-state index contributed by atoms with van der Waals surface area (Å²) in [6.07, 6.45) is 2.39. The van der Waals surface area contributed by atoms with Crippen molar-refractivity contribution in [2.75, 3.05) is 26.7 Å². The second-order valence-corrected chi connectivity index (χ2v) is 5.50. The Kier molecular flexibility index (Phi) is 7.79. The smallest absolute Gasteiger partial charge is 0.236 e. The van der Waals surface area contributed by atoms with Crippen molar-refractivity contribution in [3.05, 3.63) is 35.6 Å². The first-order chi connectivity index (χ1) is 10.1. The second kappa shape index (κ2) is 9.08. The Bertz CT molecular complexity index is 464. The van der Waals surface area contributed by atoms with Gasteiger partial charge in [0.05, 0.1) is 18.7 Å². The number of rotatable bonds is 6. The van der Waals surface area contributed by atoms with Gasteiger partial charge in [-0.3, -0.25) is 4.79 Å². The minimum absolute atomic E-state index is 0. The van der Waals surface area contributed by atoms with Gasteiger partial charge in [-0.1, -0.05) is 12.1 Å². The predicted molar refractivity (Wildman–Crippen MR) is 86.7 cm³/mol. The van der Waals surface area contributed by atoms with Crippen LogP contribution in [0.5, 0.6) is 0 Å². The molecule has 2 atom stereocenters. The maximum atomic E-state index is 12.9. The minimum Gasteiger partial charge on any atom is -0.377 e. The zero-order valence-electron chi connectivity index (χ0n) is 13.0. The van der Waals surface area contributed by atoms with Gasteiger partial charge in [0, 0.05) is 20.2 Å². The molecule has 0 saturated carbocycles. The first kappa shape index (κ1) is 18.9. The second-order valence-electron chi connectivity index (χ2n) is 5.50. The third-order valence-corrected chi connectivity index (χ3v) is 4.00. The number of benzene rings is 1. The zero-order valence-corrected chi connectivity index (χ0v) is 13.9. The summed E-state index contributed by atoms with van der Waals surface area (Å²) in [5.41, 5.74) is 0.923. The largest absolute Gasteiger partial charge is 0.377 e. The topological polar surface area (TPSA) is 41.6 Å². The molecule has 1 heterocycles. The van der Waals surface area contributed by atoms with Gasteiger partial charge in [-0.05, 0) is 37.5 Å². The van der Waals surface area contributed by atoms with Crippen LogP contribution >= 0.6 is 12.4 Å². The standard InChI is InChI=1S/C16H23FN2O2.ClH/c1-12(13-5-7-14(17)8-6-13)19(2)16(20)11-18-10-15-4-3-9-21-15;/h5-8,12,15,18H,3-4,9-11H2,1-2H3;1H. The highest BCUT2D eigenvalue weighted by Crippen LogP contribution is 2.19. The Morgan fingerprint density at radius 1 is 1.45 bits per heavy atom. The van der Waals surface area contributed by atoms with E-state index in [9.17, 15) is 9.18 Å². The van der Waals surface area contributed by atoms with Crippen molar-refractivity contribution in [1.82, 2.24) is 10.2 Å². The molecule has 0 aromatic heterocycles. The van der Waals surface area contributed by atoms with Crippen molar-refractivity contribution in [3.8, 4) is 0 Å². The van der Waals surface area contributed by atoms with Crippen LogP contribution in [0, 0.1) is 5.82 Å². The molecule has 2 unspecified atom stereocenters. The molecule has 124 valence electrons. The first-order valence-electron chi connectivity index (χ1n) is 7.41. The number of nitrogens with one attached hydrogen (secondary N) is 1. The van der Waals surface area contributed by atoms with Crippen LogP contribution < -0.4 is 5.32 Å². The van der Waals surface area contributed by atoms with Gasteiger partial charge in [0.25, 0.3) is 0 Å². The average molecular weight is 331 g/mol. The third-order valence-electron chi connectivity index (χ3n) is 4.00. The van der Waals surface area contributed by atoms with Crippen LogP contribution in [0.15, 0.2) is 24.3 Å². The summed E-state index contributed by atoms with van der Waals surface area (Å²) in [4.78, 5) is 13.8. The Balaban J connectivity index is 0.00000242. The molecule has 1 aromatic rings. The van der Waals surface area contributed by atoms with Gasteiger partial charge in [0.2, 0.25) is 5.91 Å². The molecule has 0 aliphatic carbocycles. The van der Waals surface area contributed by atoms with Crippen molar-refractivity contribution >= 4 is 18.3 Å². The fourth-order valence-corrected chi connectivity index (χ4v) is 2.45. The lowest BCUT2D eigenvalue weighted by atomic mass is 10.1. The number of hydrogen-bond donors (Lipinski definition) is 1. The van der Waals surface area contributed by atoms with Gasteiger partial charge >= 0.3 is 0 Å². The molecule has 1 fully saturated rings. The van der Waals surface area contributed by atoms with Crippen molar-refractivity contribution in [2.24, 2.45) is 0 Å². The molecule has 6 heteroatoms. The van der Waals surface area contributed by atoms with E-state index in [1.807, 2.05) is 6.92 Å². The van der Waals surface area contributed by atoms with Crippen LogP contribution in [0.2, 0.25) is 0 Å². The first-order valence-corrected chi connectivity index (χ1v) is 7.41. The summed E-state index contributed by atoms with van der Waals surface area (Å²) < 4.78 is 18.4. The molecule has 2 rings (SSSR count). The monoisotopic (exact) mass is 330 g/mol. The Labute approximate surface area is 137 Å². The number of ether oxygens (including phenoxy) is 1. The van der Waals surface area contributed by atoms with E-state index in [1.165, 1.54) is 12.1 Å². The van der Waals surface area contributed by atoms with Gasteiger partial charge < -0.3 is 15.0 Å². The summed E-state index contributed by atoms with van der Waals surface area (Å²) in [7, 11) is 1.77. The van der Waals surface area contributed by atoms with Gasteiger partial charge in [-0.15, -0.1) is 12.4 Å². The van der Waals surface area contributed by atoms with E-state index in [4.69, 9.17) is 4.74 Å². The van der Waals surface area contributed by atoms with Crippen LogP contribution in [0.4, 0.5) is 4.39 Å². The summed E-state index contributed by atoms with van der Waals surface area (Å²) in [5, 5.41) is 3.15. The van der Waals surface area contributed by atoms with Gasteiger partial charge in [-0.2, -0.15) is 0 Å². The molecule has 1 aliphatic rings. The van der Waals surface area contributed by atoms with Crippen LogP contribution in [0.25, 0.3) is 0 Å². The van der Waals surface area contributed by atoms with Crippen molar-refractivity contribution < 1.29 is 13.9 Å². The highest BCUT2D eigenvalue weighted by molar-refractivity contribution is 5.85. The number of hydrogen-bond acceptors (Lipinski definition) is 3. The number of carbonyl (C=O) groups excluding carboxylic acids is 1. The van der Waals surface area contributed by atoms with Gasteiger partial charge in [0.1, 0.15) is 5.82 Å². The number of halogens is 2. The number of carbonyl (C=O) groups is 1. The lowest BCUT2D eigenvalue weighted by Crippen LogP contribution is -2.39. The van der Waals surface area contributed by atoms with E-state index < -0.39 is 0 Å². The molecule has 0 spiro atoms. The van der Waals surface area contributed by atoms with E-state index >= 15 is 0 Å². The lowest BCUT2D eigenvalue weighted by Gasteiger charge is -2.25. The number of likely N-dealkylation sites (N-methyl/N-ethyl adjacent to an activating group) is 1. The van der Waals surface area contributed by atoms with Crippen LogP contribution in [0.1, 0.15) is 31.4 Å². The molecule has 0 radical (unpaired) electrons. The Morgan fingerprint density at radius 2 is 2.14 bits per heavy atom. The molecule has 4 nitrogen and oxygen atoms in total.